The van der Waals surface area contributed by atoms with Crippen molar-refractivity contribution in [2.75, 3.05) is 0 Å². The average Bonchev–Trinajstić information content (AvgIpc) is 2.32. The van der Waals surface area contributed by atoms with Gasteiger partial charge in [-0.05, 0) is 36.5 Å². The molecular weight excluding hydrogens is 204 g/mol. The van der Waals surface area contributed by atoms with E-state index < -0.39 is 0 Å². The SMILES string of the molecule is CCCCCC(CCCC)CC1C(C)CC1C. The lowest BCUT2D eigenvalue weighted by Gasteiger charge is -2.43. The first-order chi connectivity index (χ1) is 8.19. The summed E-state index contributed by atoms with van der Waals surface area (Å²) in [4.78, 5) is 0. The molecule has 3 unspecified atom stereocenters. The van der Waals surface area contributed by atoms with E-state index in [1.165, 1.54) is 57.8 Å². The number of unbranched alkanes of at least 4 members (excludes halogenated alkanes) is 3. The summed E-state index contributed by atoms with van der Waals surface area (Å²) in [7, 11) is 0. The van der Waals surface area contributed by atoms with Gasteiger partial charge < -0.3 is 0 Å². The van der Waals surface area contributed by atoms with Crippen molar-refractivity contribution in [3.63, 3.8) is 0 Å². The van der Waals surface area contributed by atoms with Crippen LogP contribution in [0.3, 0.4) is 0 Å². The van der Waals surface area contributed by atoms with Crippen molar-refractivity contribution in [2.24, 2.45) is 23.7 Å². The maximum absolute atomic E-state index is 2.47. The largest absolute Gasteiger partial charge is 0.0654 e. The van der Waals surface area contributed by atoms with Crippen molar-refractivity contribution in [2.45, 2.75) is 85.5 Å². The van der Waals surface area contributed by atoms with Crippen LogP contribution in [0.2, 0.25) is 0 Å². The number of hydrogen-bond donors (Lipinski definition) is 0. The van der Waals surface area contributed by atoms with E-state index in [1.807, 2.05) is 0 Å². The maximum atomic E-state index is 2.47. The lowest BCUT2D eigenvalue weighted by molar-refractivity contribution is 0.0704. The van der Waals surface area contributed by atoms with Crippen LogP contribution in [0.1, 0.15) is 85.5 Å². The third kappa shape index (κ3) is 5.02. The molecule has 17 heavy (non-hydrogen) atoms. The van der Waals surface area contributed by atoms with Gasteiger partial charge in [-0.15, -0.1) is 0 Å². The zero-order chi connectivity index (χ0) is 12.7. The Kier molecular flexibility index (Phi) is 7.23. The van der Waals surface area contributed by atoms with E-state index >= 15 is 0 Å². The minimum atomic E-state index is 1.01. The lowest BCUT2D eigenvalue weighted by Crippen LogP contribution is -2.34. The molecule has 1 rings (SSSR count). The molecule has 0 bridgehead atoms. The number of hydrogen-bond acceptors (Lipinski definition) is 0. The first-order valence-electron chi connectivity index (χ1n) is 8.19. The van der Waals surface area contributed by atoms with Gasteiger partial charge in [0.25, 0.3) is 0 Å². The summed E-state index contributed by atoms with van der Waals surface area (Å²) in [6, 6.07) is 0. The predicted molar refractivity (Wildman–Crippen MR) is 78.2 cm³/mol. The molecule has 0 aliphatic heterocycles. The van der Waals surface area contributed by atoms with Crippen LogP contribution in [-0.2, 0) is 0 Å². The Hall–Kier alpha value is 0. The van der Waals surface area contributed by atoms with Crippen LogP contribution in [0, 0.1) is 23.7 Å². The quantitative estimate of drug-likeness (QED) is 0.429. The minimum Gasteiger partial charge on any atom is -0.0654 e. The molecule has 0 radical (unpaired) electrons. The Labute approximate surface area is 110 Å². The van der Waals surface area contributed by atoms with Crippen LogP contribution in [-0.4, -0.2) is 0 Å². The zero-order valence-electron chi connectivity index (χ0n) is 12.7. The Morgan fingerprint density at radius 3 is 2.00 bits per heavy atom. The molecule has 0 heterocycles. The molecule has 3 atom stereocenters. The van der Waals surface area contributed by atoms with E-state index in [1.54, 1.807) is 0 Å². The smallest absolute Gasteiger partial charge is 0.0360 e. The first kappa shape index (κ1) is 15.1. The van der Waals surface area contributed by atoms with Gasteiger partial charge in [-0.2, -0.15) is 0 Å². The van der Waals surface area contributed by atoms with E-state index in [2.05, 4.69) is 27.7 Å². The topological polar surface area (TPSA) is 0 Å². The molecule has 102 valence electrons. The lowest BCUT2D eigenvalue weighted by atomic mass is 9.63. The fraction of sp³-hybridized carbons (Fsp3) is 1.00. The van der Waals surface area contributed by atoms with Gasteiger partial charge >= 0.3 is 0 Å². The third-order valence-electron chi connectivity index (χ3n) is 4.99. The molecule has 0 amide bonds. The Bertz CT molecular complexity index is 176. The van der Waals surface area contributed by atoms with Gasteiger partial charge in [0.2, 0.25) is 0 Å². The molecule has 0 spiro atoms. The van der Waals surface area contributed by atoms with E-state index in [9.17, 15) is 0 Å². The molecule has 0 N–H and O–H groups in total. The van der Waals surface area contributed by atoms with Gasteiger partial charge in [0.05, 0.1) is 0 Å². The summed E-state index contributed by atoms with van der Waals surface area (Å²) in [5, 5.41) is 0. The van der Waals surface area contributed by atoms with Gasteiger partial charge in [-0.3, -0.25) is 0 Å². The number of rotatable bonds is 9. The van der Waals surface area contributed by atoms with Gasteiger partial charge in [0.15, 0.2) is 0 Å². The summed E-state index contributed by atoms with van der Waals surface area (Å²) in [5.41, 5.74) is 0. The molecule has 0 saturated heterocycles. The van der Waals surface area contributed by atoms with Crippen LogP contribution in [0.25, 0.3) is 0 Å². The molecular formula is C17H34. The second-order valence-corrected chi connectivity index (χ2v) is 6.59. The summed E-state index contributed by atoms with van der Waals surface area (Å²) < 4.78 is 0. The van der Waals surface area contributed by atoms with Gasteiger partial charge in [0.1, 0.15) is 0 Å². The van der Waals surface area contributed by atoms with E-state index in [0.29, 0.717) is 0 Å². The van der Waals surface area contributed by atoms with Crippen LogP contribution in [0.5, 0.6) is 0 Å². The zero-order valence-corrected chi connectivity index (χ0v) is 12.7. The Morgan fingerprint density at radius 1 is 0.882 bits per heavy atom. The molecule has 0 heteroatoms. The molecule has 0 aromatic rings. The minimum absolute atomic E-state index is 1.01. The fourth-order valence-corrected chi connectivity index (χ4v) is 3.71. The van der Waals surface area contributed by atoms with E-state index in [0.717, 1.165) is 23.7 Å². The van der Waals surface area contributed by atoms with Crippen molar-refractivity contribution in [1.82, 2.24) is 0 Å². The highest BCUT2D eigenvalue weighted by atomic mass is 14.4. The van der Waals surface area contributed by atoms with Gasteiger partial charge in [0, 0.05) is 0 Å². The summed E-state index contributed by atoms with van der Waals surface area (Å²) in [5.74, 6) is 4.12. The molecule has 1 aliphatic carbocycles. The second-order valence-electron chi connectivity index (χ2n) is 6.59. The highest BCUT2D eigenvalue weighted by molar-refractivity contribution is 4.85. The maximum Gasteiger partial charge on any atom is -0.0360 e. The third-order valence-corrected chi connectivity index (χ3v) is 4.99. The molecule has 1 saturated carbocycles. The van der Waals surface area contributed by atoms with Crippen molar-refractivity contribution >= 4 is 0 Å². The van der Waals surface area contributed by atoms with Crippen molar-refractivity contribution in [3.8, 4) is 0 Å². The normalized spacial score (nSPS) is 30.0. The highest BCUT2D eigenvalue weighted by Gasteiger charge is 2.35. The summed E-state index contributed by atoms with van der Waals surface area (Å²) in [6.07, 6.45) is 13.1. The van der Waals surface area contributed by atoms with Gasteiger partial charge in [-0.25, -0.2) is 0 Å². The first-order valence-corrected chi connectivity index (χ1v) is 8.19. The molecule has 1 fully saturated rings. The average molecular weight is 238 g/mol. The van der Waals surface area contributed by atoms with Crippen LogP contribution in [0.4, 0.5) is 0 Å². The van der Waals surface area contributed by atoms with Crippen LogP contribution in [0.15, 0.2) is 0 Å². The molecule has 1 aliphatic rings. The molecule has 0 aromatic carbocycles. The molecule has 0 nitrogen and oxygen atoms in total. The second kappa shape index (κ2) is 8.16. The summed E-state index contributed by atoms with van der Waals surface area (Å²) >= 11 is 0. The molecule has 0 aromatic heterocycles. The van der Waals surface area contributed by atoms with Crippen molar-refractivity contribution in [1.29, 1.82) is 0 Å². The standard InChI is InChI=1S/C17H34/c1-5-7-9-11-16(10-8-6-2)13-17-14(3)12-15(17)4/h14-17H,5-13H2,1-4H3. The Morgan fingerprint density at radius 2 is 1.47 bits per heavy atom. The Balaban J connectivity index is 2.28. The van der Waals surface area contributed by atoms with E-state index in [-0.39, 0.29) is 0 Å². The van der Waals surface area contributed by atoms with Crippen LogP contribution < -0.4 is 0 Å². The van der Waals surface area contributed by atoms with Crippen molar-refractivity contribution < 1.29 is 0 Å². The fourth-order valence-electron chi connectivity index (χ4n) is 3.71. The van der Waals surface area contributed by atoms with Gasteiger partial charge in [-0.1, -0.05) is 72.6 Å². The van der Waals surface area contributed by atoms with Crippen LogP contribution >= 0.6 is 0 Å². The van der Waals surface area contributed by atoms with Crippen molar-refractivity contribution in [3.05, 3.63) is 0 Å². The highest BCUT2D eigenvalue weighted by Crippen LogP contribution is 2.44. The predicted octanol–water partition coefficient (Wildman–Crippen LogP) is 6.06. The summed E-state index contributed by atoms with van der Waals surface area (Å²) in [6.45, 7) is 9.58. The van der Waals surface area contributed by atoms with E-state index in [4.69, 9.17) is 0 Å². The monoisotopic (exact) mass is 238 g/mol.